The molecule has 0 unspecified atom stereocenters. The lowest BCUT2D eigenvalue weighted by atomic mass is 10.3. The summed E-state index contributed by atoms with van der Waals surface area (Å²) in [5, 5.41) is 13.5. The lowest BCUT2D eigenvalue weighted by Gasteiger charge is -1.97. The number of nitro groups is 1. The van der Waals surface area contributed by atoms with Gasteiger partial charge in [0.05, 0.1) is 11.2 Å². The molecule has 3 aromatic heterocycles. The minimum atomic E-state index is -0.823. The van der Waals surface area contributed by atoms with Crippen LogP contribution in [0.25, 0.3) is 17.9 Å². The van der Waals surface area contributed by atoms with Gasteiger partial charge in [0.25, 0.3) is 5.78 Å². The van der Waals surface area contributed by atoms with Gasteiger partial charge in [-0.15, -0.1) is 0 Å². The Balaban J connectivity index is 2.20. The third kappa shape index (κ3) is 1.86. The van der Waals surface area contributed by atoms with Crippen molar-refractivity contribution < 1.29 is 9.34 Å². The number of nitrogens with one attached hydrogen (secondary N) is 1. The number of nitrogens with zero attached hydrogens (tertiary/aromatic N) is 4. The Hall–Kier alpha value is -3.23. The lowest BCUT2D eigenvalue weighted by molar-refractivity contribution is -0.386. The van der Waals surface area contributed by atoms with Crippen molar-refractivity contribution in [3.05, 3.63) is 56.6 Å². The Labute approximate surface area is 110 Å². The van der Waals surface area contributed by atoms with Crippen LogP contribution >= 0.6 is 0 Å². The van der Waals surface area contributed by atoms with Crippen LogP contribution < -0.4 is 5.56 Å². The molecule has 0 radical (unpaired) electrons. The average Bonchev–Trinajstić information content (AvgIpc) is 3.06. The Morgan fingerprint density at radius 3 is 3.00 bits per heavy atom. The van der Waals surface area contributed by atoms with Crippen LogP contribution in [0.15, 0.2) is 33.9 Å². The van der Waals surface area contributed by atoms with E-state index < -0.39 is 16.2 Å². The fourth-order valence-electron chi connectivity index (χ4n) is 1.70. The number of aromatic amines is 1. The summed E-state index contributed by atoms with van der Waals surface area (Å²) in [6, 6.07) is 3.34. The molecule has 0 atom stereocenters. The molecule has 0 aliphatic heterocycles. The monoisotopic (exact) mass is 273 g/mol. The van der Waals surface area contributed by atoms with Crippen LogP contribution in [0.2, 0.25) is 0 Å². The maximum atomic E-state index is 12.0. The second-order valence-electron chi connectivity index (χ2n) is 3.78. The van der Waals surface area contributed by atoms with Gasteiger partial charge in [-0.05, 0) is 24.3 Å². The number of hydrogen-bond acceptors (Lipinski definition) is 6. The first-order valence-corrected chi connectivity index (χ1v) is 5.49. The molecule has 0 aliphatic rings. The molecule has 100 valence electrons. The predicted octanol–water partition coefficient (Wildman–Crippen LogP) is 1.09. The van der Waals surface area contributed by atoms with Crippen LogP contribution in [0.4, 0.5) is 5.69 Å². The van der Waals surface area contributed by atoms with Gasteiger partial charge in [0.2, 0.25) is 0 Å². The first-order valence-electron chi connectivity index (χ1n) is 5.49. The second kappa shape index (κ2) is 4.46. The van der Waals surface area contributed by atoms with Crippen molar-refractivity contribution in [2.45, 2.75) is 0 Å². The minimum absolute atomic E-state index is 0.0553. The van der Waals surface area contributed by atoms with Crippen LogP contribution in [0.1, 0.15) is 11.5 Å². The summed E-state index contributed by atoms with van der Waals surface area (Å²) in [4.78, 5) is 30.0. The van der Waals surface area contributed by atoms with Crippen LogP contribution in [0, 0.1) is 10.1 Å². The van der Waals surface area contributed by atoms with Gasteiger partial charge >= 0.3 is 11.2 Å². The van der Waals surface area contributed by atoms with Crippen LogP contribution in [-0.2, 0) is 0 Å². The number of hydrogen-bond donors (Lipinski definition) is 1. The van der Waals surface area contributed by atoms with Gasteiger partial charge in [0.1, 0.15) is 12.1 Å². The summed E-state index contributed by atoms with van der Waals surface area (Å²) in [6.45, 7) is 0. The van der Waals surface area contributed by atoms with Crippen molar-refractivity contribution in [2.75, 3.05) is 0 Å². The fourth-order valence-corrected chi connectivity index (χ4v) is 1.70. The van der Waals surface area contributed by atoms with Crippen molar-refractivity contribution in [3.8, 4) is 0 Å². The van der Waals surface area contributed by atoms with Gasteiger partial charge in [-0.3, -0.25) is 20.0 Å². The molecule has 9 nitrogen and oxygen atoms in total. The fraction of sp³-hybridized carbons (Fsp3) is 0. The zero-order valence-electron chi connectivity index (χ0n) is 9.89. The van der Waals surface area contributed by atoms with Gasteiger partial charge in [-0.2, -0.15) is 4.52 Å². The van der Waals surface area contributed by atoms with E-state index >= 15 is 0 Å². The van der Waals surface area contributed by atoms with Gasteiger partial charge in [0.15, 0.2) is 5.69 Å². The second-order valence-corrected chi connectivity index (χ2v) is 3.78. The third-order valence-corrected chi connectivity index (χ3v) is 2.57. The third-order valence-electron chi connectivity index (χ3n) is 2.57. The van der Waals surface area contributed by atoms with E-state index in [1.807, 2.05) is 0 Å². The summed E-state index contributed by atoms with van der Waals surface area (Å²) < 4.78 is 5.97. The quantitative estimate of drug-likeness (QED) is 0.563. The van der Waals surface area contributed by atoms with Gasteiger partial charge < -0.3 is 4.42 Å². The van der Waals surface area contributed by atoms with E-state index in [2.05, 4.69) is 15.1 Å². The molecule has 3 rings (SSSR count). The first kappa shape index (κ1) is 11.8. The highest BCUT2D eigenvalue weighted by atomic mass is 16.6. The molecular weight excluding hydrogens is 266 g/mol. The van der Waals surface area contributed by atoms with Gasteiger partial charge in [-0.1, -0.05) is 0 Å². The Bertz CT molecular complexity index is 859. The van der Waals surface area contributed by atoms with E-state index in [1.165, 1.54) is 24.7 Å². The summed E-state index contributed by atoms with van der Waals surface area (Å²) in [7, 11) is 0. The van der Waals surface area contributed by atoms with Crippen molar-refractivity contribution in [1.29, 1.82) is 0 Å². The zero-order chi connectivity index (χ0) is 14.1. The Morgan fingerprint density at radius 2 is 2.30 bits per heavy atom. The highest BCUT2D eigenvalue weighted by molar-refractivity contribution is 5.70. The van der Waals surface area contributed by atoms with Crippen molar-refractivity contribution in [2.24, 2.45) is 0 Å². The van der Waals surface area contributed by atoms with E-state index in [-0.39, 0.29) is 11.5 Å². The Morgan fingerprint density at radius 1 is 1.45 bits per heavy atom. The summed E-state index contributed by atoms with van der Waals surface area (Å²) in [6.07, 6.45) is 5.52. The summed E-state index contributed by atoms with van der Waals surface area (Å²) in [5.41, 5.74) is -1.53. The van der Waals surface area contributed by atoms with Crippen LogP contribution in [-0.4, -0.2) is 24.5 Å². The number of furan rings is 1. The molecule has 3 heterocycles. The number of fused-ring (bicyclic) bond motifs is 1. The molecule has 0 saturated carbocycles. The maximum Gasteiger partial charge on any atom is 0.361 e. The topological polar surface area (TPSA) is 119 Å². The molecule has 3 aromatic rings. The molecule has 9 heteroatoms. The van der Waals surface area contributed by atoms with E-state index in [4.69, 9.17) is 4.42 Å². The number of rotatable bonds is 3. The molecule has 0 saturated heterocycles. The minimum Gasteiger partial charge on any atom is -0.465 e. The van der Waals surface area contributed by atoms with E-state index in [1.54, 1.807) is 12.1 Å². The van der Waals surface area contributed by atoms with Crippen molar-refractivity contribution >= 4 is 23.6 Å². The standard InChI is InChI=1S/C11H7N5O4/c17-10-9(16(18)19)8(4-3-7-2-1-5-20-7)14-11-12-6-13-15(10)11/h1-6H,(H,12,13,14). The molecule has 1 N–H and O–H groups in total. The molecular formula is C11H7N5O4. The smallest absolute Gasteiger partial charge is 0.361 e. The van der Waals surface area contributed by atoms with Crippen LogP contribution in [0.3, 0.4) is 0 Å². The molecule has 0 bridgehead atoms. The predicted molar refractivity (Wildman–Crippen MR) is 67.9 cm³/mol. The molecule has 0 amide bonds. The molecule has 0 fully saturated rings. The van der Waals surface area contributed by atoms with E-state index in [0.717, 1.165) is 4.52 Å². The maximum absolute atomic E-state index is 12.0. The zero-order valence-corrected chi connectivity index (χ0v) is 9.89. The summed E-state index contributed by atoms with van der Waals surface area (Å²) >= 11 is 0. The highest BCUT2D eigenvalue weighted by Gasteiger charge is 2.22. The summed E-state index contributed by atoms with van der Waals surface area (Å²) in [5.74, 6) is 0.544. The lowest BCUT2D eigenvalue weighted by Crippen LogP contribution is -2.20. The van der Waals surface area contributed by atoms with Gasteiger partial charge in [0, 0.05) is 0 Å². The average molecular weight is 273 g/mol. The van der Waals surface area contributed by atoms with Crippen molar-refractivity contribution in [3.63, 3.8) is 0 Å². The molecule has 20 heavy (non-hydrogen) atoms. The molecule has 0 aliphatic carbocycles. The number of aromatic nitrogens is 4. The SMILES string of the molecule is O=c1c([N+](=O)[O-])c(C=Cc2ccco2)nc2nc[nH]n12. The first-order chi connectivity index (χ1) is 9.66. The van der Waals surface area contributed by atoms with E-state index in [0.29, 0.717) is 5.76 Å². The van der Waals surface area contributed by atoms with Crippen molar-refractivity contribution in [1.82, 2.24) is 19.6 Å². The Kier molecular flexibility index (Phi) is 2.64. The normalized spacial score (nSPS) is 11.4. The largest absolute Gasteiger partial charge is 0.465 e. The number of H-pyrrole nitrogens is 1. The van der Waals surface area contributed by atoms with Crippen LogP contribution in [0.5, 0.6) is 0 Å². The van der Waals surface area contributed by atoms with Gasteiger partial charge in [-0.25, -0.2) is 9.97 Å². The molecule has 0 aromatic carbocycles. The van der Waals surface area contributed by atoms with E-state index in [9.17, 15) is 14.9 Å². The highest BCUT2D eigenvalue weighted by Crippen LogP contribution is 2.15. The molecule has 0 spiro atoms.